The zero-order chi connectivity index (χ0) is 23.5. The van der Waals surface area contributed by atoms with Gasteiger partial charge in [0.1, 0.15) is 22.4 Å². The molecule has 0 aliphatic carbocycles. The van der Waals surface area contributed by atoms with Crippen LogP contribution in [-0.2, 0) is 19.1 Å². The van der Waals surface area contributed by atoms with E-state index in [2.05, 4.69) is 10.2 Å². The van der Waals surface area contributed by atoms with Crippen LogP contribution in [0.2, 0.25) is 0 Å². The van der Waals surface area contributed by atoms with Crippen molar-refractivity contribution in [2.24, 2.45) is 0 Å². The van der Waals surface area contributed by atoms with Gasteiger partial charge in [-0.05, 0) is 48.9 Å². The number of benzene rings is 2. The molecule has 0 atom stereocenters. The van der Waals surface area contributed by atoms with Crippen LogP contribution in [0.5, 0.6) is 5.75 Å². The molecule has 0 bridgehead atoms. The molecule has 1 aliphatic heterocycles. The molecule has 0 saturated carbocycles. The molecule has 0 radical (unpaired) electrons. The molecule has 2 heterocycles. The van der Waals surface area contributed by atoms with Crippen LogP contribution in [0, 0.1) is 6.92 Å². The van der Waals surface area contributed by atoms with Gasteiger partial charge in [0.2, 0.25) is 0 Å². The van der Waals surface area contributed by atoms with Gasteiger partial charge in [0.05, 0.1) is 32.6 Å². The van der Waals surface area contributed by atoms with Gasteiger partial charge in [0, 0.05) is 6.20 Å². The highest BCUT2D eigenvalue weighted by molar-refractivity contribution is 6.05. The number of carbonyl (C=O) groups excluding carboxylic acids is 2. The van der Waals surface area contributed by atoms with Crippen molar-refractivity contribution in [1.82, 2.24) is 15.0 Å². The maximum atomic E-state index is 12.8. The summed E-state index contributed by atoms with van der Waals surface area (Å²) in [5.74, 6) is -0.982. The van der Waals surface area contributed by atoms with E-state index in [0.717, 1.165) is 16.6 Å². The SMILES string of the molecule is COC(=O)C1=C(C(=O)OC)N(c2cc(C)cc(-n3nc4ccccc4n3)c2OC)C=CC=C1. The van der Waals surface area contributed by atoms with Gasteiger partial charge < -0.3 is 19.1 Å². The third-order valence-corrected chi connectivity index (χ3v) is 5.05. The number of aromatic nitrogens is 3. The van der Waals surface area contributed by atoms with Gasteiger partial charge in [0.25, 0.3) is 0 Å². The summed E-state index contributed by atoms with van der Waals surface area (Å²) in [6.45, 7) is 1.90. The molecule has 33 heavy (non-hydrogen) atoms. The number of aryl methyl sites for hydroxylation is 1. The summed E-state index contributed by atoms with van der Waals surface area (Å²) in [5.41, 5.74) is 3.41. The summed E-state index contributed by atoms with van der Waals surface area (Å²) in [6, 6.07) is 11.2. The molecule has 0 fully saturated rings. The summed E-state index contributed by atoms with van der Waals surface area (Å²) < 4.78 is 15.7. The molecule has 168 valence electrons. The second-order valence-corrected chi connectivity index (χ2v) is 7.13. The summed E-state index contributed by atoms with van der Waals surface area (Å²) in [4.78, 5) is 28.3. The number of esters is 2. The van der Waals surface area contributed by atoms with Crippen LogP contribution in [0.15, 0.2) is 72.1 Å². The van der Waals surface area contributed by atoms with Crippen LogP contribution < -0.4 is 9.64 Å². The average Bonchev–Trinajstić information content (AvgIpc) is 3.14. The lowest BCUT2D eigenvalue weighted by Crippen LogP contribution is -2.27. The Bertz CT molecular complexity index is 1300. The van der Waals surface area contributed by atoms with Gasteiger partial charge in [-0.25, -0.2) is 9.59 Å². The lowest BCUT2D eigenvalue weighted by Gasteiger charge is -2.26. The quantitative estimate of drug-likeness (QED) is 0.552. The van der Waals surface area contributed by atoms with Crippen LogP contribution in [0.25, 0.3) is 16.7 Å². The maximum absolute atomic E-state index is 12.8. The largest absolute Gasteiger partial charge is 0.492 e. The number of allylic oxidation sites excluding steroid dienone is 2. The highest BCUT2D eigenvalue weighted by Crippen LogP contribution is 2.39. The minimum Gasteiger partial charge on any atom is -0.492 e. The Morgan fingerprint density at radius 3 is 2.12 bits per heavy atom. The number of fused-ring (bicyclic) bond motifs is 1. The molecule has 9 heteroatoms. The molecule has 0 N–H and O–H groups in total. The molecule has 2 aromatic carbocycles. The van der Waals surface area contributed by atoms with Crippen LogP contribution in [0.4, 0.5) is 5.69 Å². The first-order valence-electron chi connectivity index (χ1n) is 10.0. The van der Waals surface area contributed by atoms with E-state index in [0.29, 0.717) is 17.1 Å². The molecule has 1 aliphatic rings. The van der Waals surface area contributed by atoms with Crippen molar-refractivity contribution in [2.75, 3.05) is 26.2 Å². The van der Waals surface area contributed by atoms with Gasteiger partial charge in [0.15, 0.2) is 5.75 Å². The second kappa shape index (κ2) is 8.99. The predicted molar refractivity (Wildman–Crippen MR) is 122 cm³/mol. The zero-order valence-electron chi connectivity index (χ0n) is 18.6. The van der Waals surface area contributed by atoms with Gasteiger partial charge in [-0.2, -0.15) is 0 Å². The molecule has 0 spiro atoms. The Morgan fingerprint density at radius 1 is 0.879 bits per heavy atom. The number of anilines is 1. The Labute approximate surface area is 190 Å². The van der Waals surface area contributed by atoms with Gasteiger partial charge >= 0.3 is 11.9 Å². The van der Waals surface area contributed by atoms with E-state index >= 15 is 0 Å². The van der Waals surface area contributed by atoms with E-state index in [1.165, 1.54) is 37.1 Å². The lowest BCUT2D eigenvalue weighted by atomic mass is 10.1. The standard InChI is InChI=1S/C24H22N4O5/c1-15-13-19(27-12-8-7-9-16(23(29)32-3)21(27)24(30)33-4)22(31-2)20(14-15)28-25-17-10-5-6-11-18(17)26-28/h5-14H,1-4H3. The van der Waals surface area contributed by atoms with Crippen LogP contribution in [0.1, 0.15) is 5.56 Å². The van der Waals surface area contributed by atoms with Crippen LogP contribution >= 0.6 is 0 Å². The van der Waals surface area contributed by atoms with Crippen molar-refractivity contribution in [3.8, 4) is 11.4 Å². The topological polar surface area (TPSA) is 95.8 Å². The van der Waals surface area contributed by atoms with Crippen molar-refractivity contribution in [3.63, 3.8) is 0 Å². The van der Waals surface area contributed by atoms with E-state index in [-0.39, 0.29) is 11.3 Å². The number of methoxy groups -OCH3 is 3. The molecular formula is C24H22N4O5. The van der Waals surface area contributed by atoms with E-state index in [1.807, 2.05) is 43.3 Å². The summed E-state index contributed by atoms with van der Waals surface area (Å²) in [6.07, 6.45) is 6.48. The number of hydrogen-bond donors (Lipinski definition) is 0. The van der Waals surface area contributed by atoms with Crippen LogP contribution in [0.3, 0.4) is 0 Å². The first-order chi connectivity index (χ1) is 16.0. The minimum atomic E-state index is -0.709. The van der Waals surface area contributed by atoms with E-state index in [1.54, 1.807) is 18.4 Å². The fraction of sp³-hybridized carbons (Fsp3) is 0.167. The molecule has 3 aromatic rings. The molecule has 1 aromatic heterocycles. The summed E-state index contributed by atoms with van der Waals surface area (Å²) >= 11 is 0. The molecule has 0 unspecified atom stereocenters. The number of nitrogens with zero attached hydrogens (tertiary/aromatic N) is 4. The van der Waals surface area contributed by atoms with Gasteiger partial charge in [-0.15, -0.1) is 15.0 Å². The molecular weight excluding hydrogens is 424 g/mol. The fourth-order valence-corrected chi connectivity index (χ4v) is 3.59. The predicted octanol–water partition coefficient (Wildman–Crippen LogP) is 3.23. The fourth-order valence-electron chi connectivity index (χ4n) is 3.59. The first kappa shape index (κ1) is 21.8. The Balaban J connectivity index is 1.97. The maximum Gasteiger partial charge on any atom is 0.355 e. The van der Waals surface area contributed by atoms with Crippen molar-refractivity contribution in [3.05, 3.63) is 77.7 Å². The number of carbonyl (C=O) groups is 2. The normalized spacial score (nSPS) is 13.3. The highest BCUT2D eigenvalue weighted by Gasteiger charge is 2.30. The molecule has 0 saturated heterocycles. The summed E-state index contributed by atoms with van der Waals surface area (Å²) in [5, 5.41) is 9.13. The lowest BCUT2D eigenvalue weighted by molar-refractivity contribution is -0.139. The van der Waals surface area contributed by atoms with Gasteiger partial charge in [-0.1, -0.05) is 18.2 Å². The third kappa shape index (κ3) is 3.96. The van der Waals surface area contributed by atoms with E-state index in [4.69, 9.17) is 14.2 Å². The zero-order valence-corrected chi connectivity index (χ0v) is 18.6. The Morgan fingerprint density at radius 2 is 1.52 bits per heavy atom. The number of hydrogen-bond acceptors (Lipinski definition) is 8. The van der Waals surface area contributed by atoms with Gasteiger partial charge in [-0.3, -0.25) is 0 Å². The van der Waals surface area contributed by atoms with Crippen molar-refractivity contribution < 1.29 is 23.8 Å². The number of rotatable bonds is 5. The van der Waals surface area contributed by atoms with Crippen LogP contribution in [-0.4, -0.2) is 48.3 Å². The molecule has 4 rings (SSSR count). The van der Waals surface area contributed by atoms with E-state index < -0.39 is 11.9 Å². The molecule has 9 nitrogen and oxygen atoms in total. The van der Waals surface area contributed by atoms with Crippen molar-refractivity contribution in [2.45, 2.75) is 6.92 Å². The van der Waals surface area contributed by atoms with Crippen molar-refractivity contribution >= 4 is 28.7 Å². The third-order valence-electron chi connectivity index (χ3n) is 5.05. The smallest absolute Gasteiger partial charge is 0.355 e. The average molecular weight is 446 g/mol. The summed E-state index contributed by atoms with van der Waals surface area (Å²) in [7, 11) is 4.02. The Kier molecular flexibility index (Phi) is 5.95. The second-order valence-electron chi connectivity index (χ2n) is 7.13. The number of ether oxygens (including phenoxy) is 3. The first-order valence-corrected chi connectivity index (χ1v) is 10.0. The van der Waals surface area contributed by atoms with E-state index in [9.17, 15) is 9.59 Å². The highest BCUT2D eigenvalue weighted by atomic mass is 16.5. The molecule has 0 amide bonds. The monoisotopic (exact) mass is 446 g/mol. The Hall–Kier alpha value is -4.40. The van der Waals surface area contributed by atoms with Crippen molar-refractivity contribution in [1.29, 1.82) is 0 Å². The minimum absolute atomic E-state index is 0.0113.